The molecule has 1 heterocycles. The Labute approximate surface area is 116 Å². The summed E-state index contributed by atoms with van der Waals surface area (Å²) in [7, 11) is 5.79. The van der Waals surface area contributed by atoms with Gasteiger partial charge in [-0.25, -0.2) is 0 Å². The standard InChI is InChI=1S/C14H28N4O/c1-6-7-11(2)13(15)14-12(19-5)10-16-18(14)9-8-17(3)4/h10-11,13H,6-9,15H2,1-5H3. The summed E-state index contributed by atoms with van der Waals surface area (Å²) in [6.45, 7) is 6.14. The first kappa shape index (κ1) is 16.0. The smallest absolute Gasteiger partial charge is 0.161 e. The van der Waals surface area contributed by atoms with Crippen LogP contribution in [0.3, 0.4) is 0 Å². The highest BCUT2D eigenvalue weighted by Gasteiger charge is 2.23. The Morgan fingerprint density at radius 3 is 2.68 bits per heavy atom. The first-order chi connectivity index (χ1) is 9.01. The molecule has 0 saturated carbocycles. The Balaban J connectivity index is 2.91. The topological polar surface area (TPSA) is 56.3 Å². The molecular formula is C14H28N4O. The van der Waals surface area contributed by atoms with E-state index in [0.717, 1.165) is 37.4 Å². The number of nitrogens with zero attached hydrogens (tertiary/aromatic N) is 3. The third-order valence-electron chi connectivity index (χ3n) is 3.50. The van der Waals surface area contributed by atoms with Crippen molar-refractivity contribution in [2.45, 2.75) is 39.3 Å². The van der Waals surface area contributed by atoms with E-state index in [2.05, 4.69) is 37.9 Å². The molecule has 5 nitrogen and oxygen atoms in total. The van der Waals surface area contributed by atoms with Crippen molar-refractivity contribution in [1.82, 2.24) is 14.7 Å². The van der Waals surface area contributed by atoms with Gasteiger partial charge in [0.2, 0.25) is 0 Å². The molecule has 5 heteroatoms. The van der Waals surface area contributed by atoms with E-state index in [1.165, 1.54) is 0 Å². The molecule has 0 radical (unpaired) electrons. The Bertz CT molecular complexity index is 376. The van der Waals surface area contributed by atoms with Crippen molar-refractivity contribution in [3.8, 4) is 5.75 Å². The van der Waals surface area contributed by atoms with Crippen LogP contribution in [0, 0.1) is 5.92 Å². The number of nitrogens with two attached hydrogens (primary N) is 1. The monoisotopic (exact) mass is 268 g/mol. The number of rotatable bonds is 8. The van der Waals surface area contributed by atoms with E-state index in [4.69, 9.17) is 10.5 Å². The first-order valence-corrected chi connectivity index (χ1v) is 7.01. The van der Waals surface area contributed by atoms with Gasteiger partial charge in [-0.2, -0.15) is 5.10 Å². The van der Waals surface area contributed by atoms with Crippen LogP contribution < -0.4 is 10.5 Å². The average Bonchev–Trinajstić information content (AvgIpc) is 2.78. The summed E-state index contributed by atoms with van der Waals surface area (Å²) in [5.74, 6) is 1.22. The van der Waals surface area contributed by atoms with Crippen LogP contribution in [0.5, 0.6) is 5.75 Å². The molecule has 1 aromatic rings. The highest BCUT2D eigenvalue weighted by atomic mass is 16.5. The van der Waals surface area contributed by atoms with E-state index in [1.807, 2.05) is 4.68 Å². The second kappa shape index (κ2) is 7.50. The molecule has 0 aromatic carbocycles. The Morgan fingerprint density at radius 2 is 2.16 bits per heavy atom. The molecule has 0 saturated heterocycles. The molecule has 0 amide bonds. The van der Waals surface area contributed by atoms with Crippen molar-refractivity contribution in [3.63, 3.8) is 0 Å². The number of aromatic nitrogens is 2. The molecule has 0 aliphatic heterocycles. The molecule has 110 valence electrons. The summed E-state index contributed by atoms with van der Waals surface area (Å²) < 4.78 is 7.39. The summed E-state index contributed by atoms with van der Waals surface area (Å²) in [6.07, 6.45) is 4.02. The van der Waals surface area contributed by atoms with Gasteiger partial charge in [-0.1, -0.05) is 20.3 Å². The normalized spacial score (nSPS) is 14.7. The van der Waals surface area contributed by atoms with Crippen molar-refractivity contribution in [2.75, 3.05) is 27.7 Å². The van der Waals surface area contributed by atoms with Gasteiger partial charge < -0.3 is 15.4 Å². The third-order valence-corrected chi connectivity index (χ3v) is 3.50. The highest BCUT2D eigenvalue weighted by molar-refractivity contribution is 5.28. The summed E-state index contributed by atoms with van der Waals surface area (Å²) in [5, 5.41) is 4.41. The van der Waals surface area contributed by atoms with Crippen LogP contribution in [0.15, 0.2) is 6.20 Å². The zero-order valence-electron chi connectivity index (χ0n) is 12.9. The van der Waals surface area contributed by atoms with E-state index in [9.17, 15) is 0 Å². The number of likely N-dealkylation sites (N-methyl/N-ethyl adjacent to an activating group) is 1. The van der Waals surface area contributed by atoms with Crippen molar-refractivity contribution < 1.29 is 4.74 Å². The Kier molecular flexibility index (Phi) is 6.31. The first-order valence-electron chi connectivity index (χ1n) is 7.01. The molecule has 0 bridgehead atoms. The van der Waals surface area contributed by atoms with Crippen LogP contribution in [0.25, 0.3) is 0 Å². The lowest BCUT2D eigenvalue weighted by molar-refractivity contribution is 0.342. The molecule has 0 spiro atoms. The van der Waals surface area contributed by atoms with E-state index in [1.54, 1.807) is 13.3 Å². The minimum atomic E-state index is -0.0282. The summed E-state index contributed by atoms with van der Waals surface area (Å²) in [4.78, 5) is 2.14. The summed E-state index contributed by atoms with van der Waals surface area (Å²) in [5.41, 5.74) is 7.42. The summed E-state index contributed by atoms with van der Waals surface area (Å²) in [6, 6.07) is -0.0282. The summed E-state index contributed by atoms with van der Waals surface area (Å²) >= 11 is 0. The quantitative estimate of drug-likeness (QED) is 0.782. The fourth-order valence-corrected chi connectivity index (χ4v) is 2.25. The lowest BCUT2D eigenvalue weighted by Gasteiger charge is -2.22. The second-order valence-electron chi connectivity index (χ2n) is 5.42. The fourth-order valence-electron chi connectivity index (χ4n) is 2.25. The van der Waals surface area contributed by atoms with Crippen molar-refractivity contribution in [3.05, 3.63) is 11.9 Å². The predicted octanol–water partition coefficient (Wildman–Crippen LogP) is 1.89. The zero-order chi connectivity index (χ0) is 14.4. The van der Waals surface area contributed by atoms with Crippen LogP contribution in [0.2, 0.25) is 0 Å². The molecule has 2 atom stereocenters. The number of ether oxygens (including phenoxy) is 1. The van der Waals surface area contributed by atoms with Gasteiger partial charge in [0.25, 0.3) is 0 Å². The second-order valence-corrected chi connectivity index (χ2v) is 5.42. The molecule has 1 rings (SSSR count). The lowest BCUT2D eigenvalue weighted by atomic mass is 9.95. The number of hydrogen-bond acceptors (Lipinski definition) is 4. The van der Waals surface area contributed by atoms with Gasteiger partial charge >= 0.3 is 0 Å². The largest absolute Gasteiger partial charge is 0.493 e. The van der Waals surface area contributed by atoms with Gasteiger partial charge in [0.1, 0.15) is 0 Å². The maximum absolute atomic E-state index is 6.40. The van der Waals surface area contributed by atoms with Crippen LogP contribution in [0.1, 0.15) is 38.4 Å². The van der Waals surface area contributed by atoms with Crippen LogP contribution >= 0.6 is 0 Å². The number of hydrogen-bond donors (Lipinski definition) is 1. The van der Waals surface area contributed by atoms with Gasteiger partial charge in [-0.3, -0.25) is 4.68 Å². The van der Waals surface area contributed by atoms with Crippen LogP contribution in [0.4, 0.5) is 0 Å². The maximum Gasteiger partial charge on any atom is 0.161 e. The third kappa shape index (κ3) is 4.21. The zero-order valence-corrected chi connectivity index (χ0v) is 12.9. The highest BCUT2D eigenvalue weighted by Crippen LogP contribution is 2.30. The average molecular weight is 268 g/mol. The molecule has 0 aliphatic carbocycles. The van der Waals surface area contributed by atoms with Gasteiger partial charge in [-0.05, 0) is 26.4 Å². The minimum absolute atomic E-state index is 0.0282. The molecule has 2 unspecified atom stereocenters. The van der Waals surface area contributed by atoms with Crippen LogP contribution in [-0.2, 0) is 6.54 Å². The van der Waals surface area contributed by atoms with E-state index < -0.39 is 0 Å². The van der Waals surface area contributed by atoms with Crippen molar-refractivity contribution in [1.29, 1.82) is 0 Å². The molecule has 2 N–H and O–H groups in total. The molecule has 19 heavy (non-hydrogen) atoms. The predicted molar refractivity (Wildman–Crippen MR) is 78.3 cm³/mol. The maximum atomic E-state index is 6.40. The van der Waals surface area contributed by atoms with Gasteiger partial charge in [0.15, 0.2) is 5.75 Å². The Hall–Kier alpha value is -1.07. The minimum Gasteiger partial charge on any atom is -0.493 e. The molecule has 0 fully saturated rings. The van der Waals surface area contributed by atoms with Crippen LogP contribution in [-0.4, -0.2) is 42.4 Å². The van der Waals surface area contributed by atoms with Gasteiger partial charge in [0, 0.05) is 6.54 Å². The lowest BCUT2D eigenvalue weighted by Crippen LogP contribution is -2.26. The van der Waals surface area contributed by atoms with E-state index in [-0.39, 0.29) is 6.04 Å². The molecule has 1 aromatic heterocycles. The fraction of sp³-hybridized carbons (Fsp3) is 0.786. The number of methoxy groups -OCH3 is 1. The molecular weight excluding hydrogens is 240 g/mol. The van der Waals surface area contributed by atoms with Gasteiger partial charge in [-0.15, -0.1) is 0 Å². The van der Waals surface area contributed by atoms with Crippen molar-refractivity contribution >= 4 is 0 Å². The SMILES string of the molecule is CCCC(C)C(N)c1c(OC)cnn1CCN(C)C. The molecule has 0 aliphatic rings. The van der Waals surface area contributed by atoms with E-state index >= 15 is 0 Å². The van der Waals surface area contributed by atoms with Gasteiger partial charge in [0.05, 0.1) is 31.6 Å². The van der Waals surface area contributed by atoms with E-state index in [0.29, 0.717) is 5.92 Å². The Morgan fingerprint density at radius 1 is 1.47 bits per heavy atom. The van der Waals surface area contributed by atoms with Crippen molar-refractivity contribution in [2.24, 2.45) is 11.7 Å².